The number of fused-ring (bicyclic) bond motifs is 1. The highest BCUT2D eigenvalue weighted by Crippen LogP contribution is 2.41. The molecule has 0 aliphatic carbocycles. The number of aromatic nitrogens is 1. The number of carboxylic acids is 1. The number of carboxylic acid groups (broad SMARTS) is 1. The molecule has 9 nitrogen and oxygen atoms in total. The number of carbonyl (C=O) groups is 1. The van der Waals surface area contributed by atoms with Gasteiger partial charge in [-0.3, -0.25) is 14.9 Å². The fourth-order valence-corrected chi connectivity index (χ4v) is 3.71. The van der Waals surface area contributed by atoms with Crippen LogP contribution in [0.5, 0.6) is 0 Å². The number of H-pyrrole nitrogens is 1. The Kier molecular flexibility index (Phi) is 6.99. The summed E-state index contributed by atoms with van der Waals surface area (Å²) in [5.41, 5.74) is 4.42. The van der Waals surface area contributed by atoms with E-state index in [0.717, 1.165) is 35.6 Å². The lowest BCUT2D eigenvalue weighted by Crippen LogP contribution is -2.44. The van der Waals surface area contributed by atoms with Gasteiger partial charge in [0.1, 0.15) is 12.2 Å². The van der Waals surface area contributed by atoms with Crippen molar-refractivity contribution in [3.63, 3.8) is 0 Å². The number of aliphatic hydroxyl groups is 1. The molecule has 1 aliphatic heterocycles. The lowest BCUT2D eigenvalue weighted by atomic mass is 10.1. The number of nitrogens with zero attached hydrogens (tertiary/aromatic N) is 2. The van der Waals surface area contributed by atoms with Crippen molar-refractivity contribution < 1.29 is 15.0 Å². The van der Waals surface area contributed by atoms with Crippen molar-refractivity contribution in [2.45, 2.75) is 38.7 Å². The Bertz CT molecular complexity index is 988. The second-order valence-corrected chi connectivity index (χ2v) is 8.28. The molecule has 0 fully saturated rings. The molecule has 0 saturated heterocycles. The van der Waals surface area contributed by atoms with Gasteiger partial charge in [0.15, 0.2) is 0 Å². The van der Waals surface area contributed by atoms with Crippen LogP contribution in [0.1, 0.15) is 29.8 Å². The van der Waals surface area contributed by atoms with Gasteiger partial charge in [-0.05, 0) is 51.7 Å². The normalized spacial score (nSPS) is 17.4. The lowest BCUT2D eigenvalue weighted by molar-refractivity contribution is -0.142. The van der Waals surface area contributed by atoms with Crippen molar-refractivity contribution in [3.05, 3.63) is 57.5 Å². The van der Waals surface area contributed by atoms with Crippen LogP contribution in [0.3, 0.4) is 0 Å². The molecule has 0 saturated carbocycles. The Morgan fingerprint density at radius 3 is 2.68 bits per heavy atom. The molecular formula is C22H31N5O4. The minimum atomic E-state index is -1.09. The lowest BCUT2D eigenvalue weighted by Gasteiger charge is -2.28. The van der Waals surface area contributed by atoms with Crippen LogP contribution < -0.4 is 21.1 Å². The standard InChI is InChI=1S/C22H31N5O4/c1-13-9-16(12-24-21(13)29)20-25-17-10-15(11-23-19(14(2)28)22(30)31)5-6-18(17)27(20)8-7-26(3)4/h5-6,9-10,12,14,19-20,23,25,28H,7-8,11H2,1-4H3,(H,24,29)(H,30,31)/t14?,19-,20?/m0/s1. The summed E-state index contributed by atoms with van der Waals surface area (Å²) in [6, 6.07) is 6.83. The van der Waals surface area contributed by atoms with Crippen molar-refractivity contribution in [3.8, 4) is 0 Å². The van der Waals surface area contributed by atoms with E-state index < -0.39 is 18.1 Å². The molecule has 0 amide bonds. The van der Waals surface area contributed by atoms with E-state index in [1.807, 2.05) is 38.4 Å². The van der Waals surface area contributed by atoms with E-state index in [2.05, 4.69) is 25.4 Å². The molecule has 2 unspecified atom stereocenters. The summed E-state index contributed by atoms with van der Waals surface area (Å²) in [6.45, 7) is 5.21. The molecule has 0 radical (unpaired) electrons. The van der Waals surface area contributed by atoms with Gasteiger partial charge in [-0.25, -0.2) is 0 Å². The van der Waals surface area contributed by atoms with Crippen molar-refractivity contribution in [2.24, 2.45) is 0 Å². The average molecular weight is 430 g/mol. The summed E-state index contributed by atoms with van der Waals surface area (Å²) in [7, 11) is 4.05. The zero-order valence-corrected chi connectivity index (χ0v) is 18.3. The molecule has 1 aromatic carbocycles. The SMILES string of the molecule is Cc1cc(C2Nc3cc(CN[C@H](C(=O)O)C(C)O)ccc3N2CCN(C)C)c[nH]c1=O. The summed E-state index contributed by atoms with van der Waals surface area (Å²) < 4.78 is 0. The monoisotopic (exact) mass is 429 g/mol. The van der Waals surface area contributed by atoms with Gasteiger partial charge in [-0.2, -0.15) is 0 Å². The largest absolute Gasteiger partial charge is 0.480 e. The van der Waals surface area contributed by atoms with Crippen LogP contribution in [-0.2, 0) is 11.3 Å². The number of aromatic amines is 1. The Morgan fingerprint density at radius 2 is 2.06 bits per heavy atom. The Labute approximate surface area is 181 Å². The molecule has 9 heteroatoms. The number of likely N-dealkylation sites (N-methyl/N-ethyl adjacent to an activating group) is 1. The minimum Gasteiger partial charge on any atom is -0.480 e. The second-order valence-electron chi connectivity index (χ2n) is 8.28. The summed E-state index contributed by atoms with van der Waals surface area (Å²) in [5, 5.41) is 25.3. The first kappa shape index (κ1) is 22.8. The Balaban J connectivity index is 1.85. The number of aryl methyl sites for hydroxylation is 1. The third-order valence-corrected chi connectivity index (χ3v) is 5.46. The van der Waals surface area contributed by atoms with Crippen LogP contribution >= 0.6 is 0 Å². The van der Waals surface area contributed by atoms with Gasteiger partial charge >= 0.3 is 5.97 Å². The van der Waals surface area contributed by atoms with Crippen LogP contribution in [0, 0.1) is 6.92 Å². The number of rotatable bonds is 9. The molecule has 31 heavy (non-hydrogen) atoms. The number of hydrogen-bond acceptors (Lipinski definition) is 7. The van der Waals surface area contributed by atoms with E-state index in [1.54, 1.807) is 13.1 Å². The first-order valence-corrected chi connectivity index (χ1v) is 10.3. The fraction of sp³-hybridized carbons (Fsp3) is 0.455. The molecule has 168 valence electrons. The predicted octanol–water partition coefficient (Wildman–Crippen LogP) is 1.10. The van der Waals surface area contributed by atoms with Crippen molar-refractivity contribution in [1.29, 1.82) is 0 Å². The van der Waals surface area contributed by atoms with Crippen LogP contribution in [0.15, 0.2) is 35.3 Å². The summed E-state index contributed by atoms with van der Waals surface area (Å²) in [4.78, 5) is 30.3. The molecule has 3 atom stereocenters. The highest BCUT2D eigenvalue weighted by molar-refractivity contribution is 5.77. The highest BCUT2D eigenvalue weighted by Gasteiger charge is 2.30. The average Bonchev–Trinajstić information content (AvgIpc) is 3.05. The van der Waals surface area contributed by atoms with E-state index in [9.17, 15) is 19.8 Å². The number of hydrogen-bond donors (Lipinski definition) is 5. The predicted molar refractivity (Wildman–Crippen MR) is 120 cm³/mol. The van der Waals surface area contributed by atoms with Crippen molar-refractivity contribution >= 4 is 17.3 Å². The van der Waals surface area contributed by atoms with Crippen LogP contribution in [0.2, 0.25) is 0 Å². The molecule has 5 N–H and O–H groups in total. The molecule has 2 heterocycles. The number of pyridine rings is 1. The van der Waals surface area contributed by atoms with Gasteiger partial charge in [-0.15, -0.1) is 0 Å². The first-order valence-electron chi connectivity index (χ1n) is 10.3. The van der Waals surface area contributed by atoms with Gasteiger partial charge in [-0.1, -0.05) is 6.07 Å². The van der Waals surface area contributed by atoms with Crippen LogP contribution in [0.25, 0.3) is 0 Å². The highest BCUT2D eigenvalue weighted by atomic mass is 16.4. The molecule has 0 bridgehead atoms. The molecule has 1 aliphatic rings. The minimum absolute atomic E-state index is 0.0986. The fourth-order valence-electron chi connectivity index (χ4n) is 3.71. The molecule has 3 rings (SSSR count). The number of anilines is 2. The maximum Gasteiger partial charge on any atom is 0.323 e. The van der Waals surface area contributed by atoms with Gasteiger partial charge in [0.2, 0.25) is 0 Å². The number of benzene rings is 1. The third kappa shape index (κ3) is 5.25. The first-order chi connectivity index (χ1) is 14.7. The van der Waals surface area contributed by atoms with E-state index in [0.29, 0.717) is 12.1 Å². The molecular weight excluding hydrogens is 398 g/mol. The Hall–Kier alpha value is -2.88. The number of aliphatic carboxylic acids is 1. The van der Waals surface area contributed by atoms with E-state index in [4.69, 9.17) is 0 Å². The third-order valence-electron chi connectivity index (χ3n) is 5.46. The van der Waals surface area contributed by atoms with Gasteiger partial charge in [0.25, 0.3) is 5.56 Å². The smallest absolute Gasteiger partial charge is 0.323 e. The summed E-state index contributed by atoms with van der Waals surface area (Å²) >= 11 is 0. The maximum absolute atomic E-state index is 11.8. The molecule has 2 aromatic rings. The molecule has 1 aromatic heterocycles. The van der Waals surface area contributed by atoms with Crippen molar-refractivity contribution in [1.82, 2.24) is 15.2 Å². The van der Waals surface area contributed by atoms with Gasteiger partial charge in [0.05, 0.1) is 17.5 Å². The van der Waals surface area contributed by atoms with Crippen molar-refractivity contribution in [2.75, 3.05) is 37.4 Å². The summed E-state index contributed by atoms with van der Waals surface area (Å²) in [6.07, 6.45) is 0.613. The van der Waals surface area contributed by atoms with Crippen LogP contribution in [0.4, 0.5) is 11.4 Å². The maximum atomic E-state index is 11.8. The topological polar surface area (TPSA) is 121 Å². The van der Waals surface area contributed by atoms with Crippen LogP contribution in [-0.4, -0.2) is 65.4 Å². The number of aliphatic hydroxyl groups excluding tert-OH is 1. The quantitative estimate of drug-likeness (QED) is 0.402. The van der Waals surface area contributed by atoms with E-state index in [1.165, 1.54) is 6.92 Å². The zero-order chi connectivity index (χ0) is 22.7. The van der Waals surface area contributed by atoms with Gasteiger partial charge < -0.3 is 30.3 Å². The van der Waals surface area contributed by atoms with E-state index in [-0.39, 0.29) is 11.7 Å². The second kappa shape index (κ2) is 9.51. The zero-order valence-electron chi connectivity index (χ0n) is 18.3. The molecule has 0 spiro atoms. The van der Waals surface area contributed by atoms with E-state index >= 15 is 0 Å². The summed E-state index contributed by atoms with van der Waals surface area (Å²) in [5.74, 6) is -1.09. The van der Waals surface area contributed by atoms with Gasteiger partial charge in [0, 0.05) is 37.0 Å². The number of nitrogens with one attached hydrogen (secondary N) is 3. The Morgan fingerprint density at radius 1 is 1.32 bits per heavy atom.